The lowest BCUT2D eigenvalue weighted by Crippen LogP contribution is -2.49. The van der Waals surface area contributed by atoms with Crippen LogP contribution >= 0.6 is 0 Å². The minimum absolute atomic E-state index is 0.0862. The average molecular weight is 290 g/mol. The van der Waals surface area contributed by atoms with Crippen molar-refractivity contribution in [2.45, 2.75) is 39.2 Å². The zero-order valence-electron chi connectivity index (χ0n) is 13.0. The molecule has 21 heavy (non-hydrogen) atoms. The Bertz CT molecular complexity index is 458. The predicted molar refractivity (Wildman–Crippen MR) is 84.5 cm³/mol. The minimum Gasteiger partial charge on any atom is -0.494 e. The van der Waals surface area contributed by atoms with Gasteiger partial charge in [-0.2, -0.15) is 0 Å². The van der Waals surface area contributed by atoms with Crippen LogP contribution in [0.15, 0.2) is 24.3 Å². The zero-order valence-corrected chi connectivity index (χ0v) is 13.0. The van der Waals surface area contributed by atoms with Gasteiger partial charge in [-0.05, 0) is 49.9 Å². The maximum absolute atomic E-state index is 12.7. The smallest absolute Gasteiger partial charge is 0.254 e. The molecule has 1 aromatic carbocycles. The lowest BCUT2D eigenvalue weighted by atomic mass is 9.88. The van der Waals surface area contributed by atoms with Gasteiger partial charge < -0.3 is 15.4 Å². The summed E-state index contributed by atoms with van der Waals surface area (Å²) in [5, 5.41) is 0. The van der Waals surface area contributed by atoms with Crippen molar-refractivity contribution in [1.29, 1.82) is 0 Å². The molecule has 2 N–H and O–H groups in total. The van der Waals surface area contributed by atoms with Crippen molar-refractivity contribution >= 4 is 5.91 Å². The molecule has 116 valence electrons. The van der Waals surface area contributed by atoms with Crippen LogP contribution in [0.1, 0.15) is 43.5 Å². The van der Waals surface area contributed by atoms with Gasteiger partial charge in [-0.25, -0.2) is 0 Å². The van der Waals surface area contributed by atoms with Crippen molar-refractivity contribution in [3.63, 3.8) is 0 Å². The Kier molecular flexibility index (Phi) is 5.62. The van der Waals surface area contributed by atoms with Crippen LogP contribution in [0.4, 0.5) is 0 Å². The first kappa shape index (κ1) is 15.8. The quantitative estimate of drug-likeness (QED) is 0.907. The summed E-state index contributed by atoms with van der Waals surface area (Å²) in [6.45, 7) is 6.14. The van der Waals surface area contributed by atoms with Gasteiger partial charge in [0.15, 0.2) is 0 Å². The third-order valence-electron chi connectivity index (χ3n) is 4.35. The highest BCUT2D eigenvalue weighted by atomic mass is 16.5. The second kappa shape index (κ2) is 7.46. The van der Waals surface area contributed by atoms with Gasteiger partial charge in [0.25, 0.3) is 5.91 Å². The second-order valence-electron chi connectivity index (χ2n) is 5.64. The van der Waals surface area contributed by atoms with Gasteiger partial charge in [-0.3, -0.25) is 4.79 Å². The van der Waals surface area contributed by atoms with E-state index in [0.717, 1.165) is 25.1 Å². The Balaban J connectivity index is 2.07. The van der Waals surface area contributed by atoms with Gasteiger partial charge >= 0.3 is 0 Å². The summed E-state index contributed by atoms with van der Waals surface area (Å²) in [5.41, 5.74) is 6.59. The molecule has 4 heteroatoms. The van der Waals surface area contributed by atoms with Crippen molar-refractivity contribution in [2.75, 3.05) is 19.7 Å². The van der Waals surface area contributed by atoms with Crippen LogP contribution in [0.2, 0.25) is 0 Å². The van der Waals surface area contributed by atoms with Gasteiger partial charge in [-0.15, -0.1) is 0 Å². The summed E-state index contributed by atoms with van der Waals surface area (Å²) in [5.74, 6) is 1.58. The molecule has 1 aliphatic heterocycles. The zero-order chi connectivity index (χ0) is 15.2. The van der Waals surface area contributed by atoms with E-state index >= 15 is 0 Å². The van der Waals surface area contributed by atoms with Crippen molar-refractivity contribution in [3.05, 3.63) is 29.8 Å². The number of hydrogen-bond donors (Lipinski definition) is 1. The second-order valence-corrected chi connectivity index (χ2v) is 5.64. The highest BCUT2D eigenvalue weighted by Crippen LogP contribution is 2.26. The van der Waals surface area contributed by atoms with Crippen molar-refractivity contribution < 1.29 is 9.53 Å². The molecule has 2 atom stereocenters. The third kappa shape index (κ3) is 3.76. The lowest BCUT2D eigenvalue weighted by Gasteiger charge is -2.39. The topological polar surface area (TPSA) is 55.6 Å². The summed E-state index contributed by atoms with van der Waals surface area (Å²) < 4.78 is 5.41. The van der Waals surface area contributed by atoms with Crippen molar-refractivity contribution in [1.82, 2.24) is 4.90 Å². The van der Waals surface area contributed by atoms with Gasteiger partial charge in [0.05, 0.1) is 6.61 Å². The SMILES string of the molecule is CCOc1ccc(C(=O)N2CCC(CC)CC2CN)cc1. The Hall–Kier alpha value is -1.55. The van der Waals surface area contributed by atoms with E-state index in [0.29, 0.717) is 24.6 Å². The molecule has 0 aromatic heterocycles. The van der Waals surface area contributed by atoms with E-state index in [4.69, 9.17) is 10.5 Å². The van der Waals surface area contributed by atoms with Crippen molar-refractivity contribution in [2.24, 2.45) is 11.7 Å². The Morgan fingerprint density at radius 3 is 2.62 bits per heavy atom. The first-order valence-electron chi connectivity index (χ1n) is 7.93. The number of carbonyl (C=O) groups excluding carboxylic acids is 1. The van der Waals surface area contributed by atoms with Crippen LogP contribution in [-0.2, 0) is 0 Å². The Labute approximate surface area is 127 Å². The van der Waals surface area contributed by atoms with Gasteiger partial charge in [-0.1, -0.05) is 13.3 Å². The molecule has 1 saturated heterocycles. The molecular weight excluding hydrogens is 264 g/mol. The standard InChI is InChI=1S/C17H26N2O2/c1-3-13-9-10-19(15(11-13)12-18)17(20)14-5-7-16(8-6-14)21-4-2/h5-8,13,15H,3-4,9-12,18H2,1-2H3. The van der Waals surface area contributed by atoms with E-state index in [9.17, 15) is 4.79 Å². The maximum atomic E-state index is 12.7. The van der Waals surface area contributed by atoms with E-state index < -0.39 is 0 Å². The Morgan fingerprint density at radius 1 is 1.33 bits per heavy atom. The summed E-state index contributed by atoms with van der Waals surface area (Å²) in [6, 6.07) is 7.56. The molecular formula is C17H26N2O2. The monoisotopic (exact) mass is 290 g/mol. The summed E-state index contributed by atoms with van der Waals surface area (Å²) in [4.78, 5) is 14.6. The molecule has 1 aliphatic rings. The Morgan fingerprint density at radius 2 is 2.05 bits per heavy atom. The van der Waals surface area contributed by atoms with E-state index in [2.05, 4.69) is 6.92 Å². The maximum Gasteiger partial charge on any atom is 0.254 e. The molecule has 1 fully saturated rings. The summed E-state index contributed by atoms with van der Waals surface area (Å²) >= 11 is 0. The van der Waals surface area contributed by atoms with E-state index in [1.54, 1.807) is 0 Å². The molecule has 1 heterocycles. The number of ether oxygens (including phenoxy) is 1. The molecule has 2 rings (SSSR count). The first-order chi connectivity index (χ1) is 10.2. The average Bonchev–Trinajstić information content (AvgIpc) is 2.54. The molecule has 4 nitrogen and oxygen atoms in total. The first-order valence-corrected chi connectivity index (χ1v) is 7.93. The third-order valence-corrected chi connectivity index (χ3v) is 4.35. The number of likely N-dealkylation sites (tertiary alicyclic amines) is 1. The van der Waals surface area contributed by atoms with Crippen molar-refractivity contribution in [3.8, 4) is 5.75 Å². The van der Waals surface area contributed by atoms with E-state index in [1.165, 1.54) is 6.42 Å². The summed E-state index contributed by atoms with van der Waals surface area (Å²) in [6.07, 6.45) is 3.27. The molecule has 1 aromatic rings. The highest BCUT2D eigenvalue weighted by molar-refractivity contribution is 5.94. The number of rotatable bonds is 5. The number of amides is 1. The number of carbonyl (C=O) groups is 1. The fraction of sp³-hybridized carbons (Fsp3) is 0.588. The molecule has 2 unspecified atom stereocenters. The molecule has 0 bridgehead atoms. The van der Waals surface area contributed by atoms with Gasteiger partial charge in [0.2, 0.25) is 0 Å². The van der Waals surface area contributed by atoms with Crippen LogP contribution in [0.25, 0.3) is 0 Å². The van der Waals surface area contributed by atoms with Crippen LogP contribution in [0.3, 0.4) is 0 Å². The van der Waals surface area contributed by atoms with Crippen LogP contribution in [-0.4, -0.2) is 36.5 Å². The van der Waals surface area contributed by atoms with E-state index in [-0.39, 0.29) is 11.9 Å². The predicted octanol–water partition coefficient (Wildman–Crippen LogP) is 2.67. The van der Waals surface area contributed by atoms with Crippen LogP contribution in [0.5, 0.6) is 5.75 Å². The molecule has 0 saturated carbocycles. The number of piperidine rings is 1. The van der Waals surface area contributed by atoms with Gasteiger partial charge in [0, 0.05) is 24.7 Å². The van der Waals surface area contributed by atoms with Gasteiger partial charge in [0.1, 0.15) is 5.75 Å². The molecule has 1 amide bonds. The highest BCUT2D eigenvalue weighted by Gasteiger charge is 2.30. The van der Waals surface area contributed by atoms with Crippen LogP contribution < -0.4 is 10.5 Å². The minimum atomic E-state index is 0.0862. The normalized spacial score (nSPS) is 22.1. The fourth-order valence-electron chi connectivity index (χ4n) is 3.02. The number of nitrogens with two attached hydrogens (primary N) is 1. The number of hydrogen-bond acceptors (Lipinski definition) is 3. The largest absolute Gasteiger partial charge is 0.494 e. The lowest BCUT2D eigenvalue weighted by molar-refractivity contribution is 0.0558. The fourth-order valence-corrected chi connectivity index (χ4v) is 3.02. The van der Waals surface area contributed by atoms with Crippen LogP contribution in [0, 0.1) is 5.92 Å². The molecule has 0 spiro atoms. The van der Waals surface area contributed by atoms with E-state index in [1.807, 2.05) is 36.1 Å². The number of nitrogens with zero attached hydrogens (tertiary/aromatic N) is 1. The number of benzene rings is 1. The molecule has 0 aliphatic carbocycles. The molecule has 0 radical (unpaired) electrons. The summed E-state index contributed by atoms with van der Waals surface area (Å²) in [7, 11) is 0.